The van der Waals surface area contributed by atoms with Crippen molar-refractivity contribution >= 4 is 28.4 Å². The number of fused-ring (bicyclic) bond motifs is 1. The third-order valence-corrected chi connectivity index (χ3v) is 5.79. The smallest absolute Gasteiger partial charge is 0.258 e. The van der Waals surface area contributed by atoms with Gasteiger partial charge in [-0.2, -0.15) is 0 Å². The van der Waals surface area contributed by atoms with Crippen molar-refractivity contribution < 1.29 is 4.79 Å². The Morgan fingerprint density at radius 1 is 1.36 bits per heavy atom. The Morgan fingerprint density at radius 2 is 2.07 bits per heavy atom. The van der Waals surface area contributed by atoms with Crippen molar-refractivity contribution in [2.75, 3.05) is 6.54 Å². The predicted molar refractivity (Wildman–Crippen MR) is 113 cm³/mol. The zero-order valence-corrected chi connectivity index (χ0v) is 17.9. The van der Waals surface area contributed by atoms with Crippen LogP contribution in [0.5, 0.6) is 0 Å². The minimum Gasteiger partial charge on any atom is -0.335 e. The van der Waals surface area contributed by atoms with Crippen molar-refractivity contribution in [2.45, 2.75) is 47.6 Å². The zero-order valence-electron chi connectivity index (χ0n) is 17.2. The van der Waals surface area contributed by atoms with Crippen LogP contribution in [0.25, 0.3) is 10.9 Å². The number of benzene rings is 1. The molecule has 0 spiro atoms. The molecule has 1 aromatic carbocycles. The van der Waals surface area contributed by atoms with Crippen molar-refractivity contribution in [2.24, 2.45) is 17.3 Å². The highest BCUT2D eigenvalue weighted by Gasteiger charge is 2.61. The topological polar surface area (TPSA) is 66.1 Å². The van der Waals surface area contributed by atoms with Gasteiger partial charge in [0.15, 0.2) is 0 Å². The fourth-order valence-corrected chi connectivity index (χ4v) is 4.14. The molecule has 1 aliphatic rings. The van der Waals surface area contributed by atoms with Crippen molar-refractivity contribution in [3.63, 3.8) is 0 Å². The molecular weight excluding hydrogens is 374 g/mol. The highest BCUT2D eigenvalue weighted by molar-refractivity contribution is 6.31. The van der Waals surface area contributed by atoms with Gasteiger partial charge in [-0.15, -0.1) is 0 Å². The Hall–Kier alpha value is -2.14. The van der Waals surface area contributed by atoms with Crippen LogP contribution in [0, 0.1) is 17.3 Å². The maximum absolute atomic E-state index is 13.3. The minimum absolute atomic E-state index is 0.0319. The Bertz CT molecular complexity index is 989. The van der Waals surface area contributed by atoms with Crippen LogP contribution in [-0.2, 0) is 11.3 Å². The van der Waals surface area contributed by atoms with Gasteiger partial charge in [0.05, 0.1) is 23.4 Å². The van der Waals surface area contributed by atoms with Crippen molar-refractivity contribution in [3.05, 3.63) is 51.0 Å². The van der Waals surface area contributed by atoms with E-state index in [1.807, 2.05) is 11.8 Å². The van der Waals surface area contributed by atoms with E-state index in [0.717, 1.165) is 6.42 Å². The molecule has 0 saturated heterocycles. The summed E-state index contributed by atoms with van der Waals surface area (Å²) in [5.41, 5.74) is 1.52. The van der Waals surface area contributed by atoms with Crippen LogP contribution in [0.4, 0.5) is 0 Å². The Morgan fingerprint density at radius 3 is 2.71 bits per heavy atom. The van der Waals surface area contributed by atoms with Gasteiger partial charge in [-0.3, -0.25) is 9.59 Å². The third-order valence-electron chi connectivity index (χ3n) is 5.55. The molecule has 2 unspecified atom stereocenters. The van der Waals surface area contributed by atoms with E-state index in [1.165, 1.54) is 5.57 Å². The second-order valence-electron chi connectivity index (χ2n) is 8.50. The summed E-state index contributed by atoms with van der Waals surface area (Å²) in [5.74, 6) is 0.837. The SMILES string of the molecule is CCCN(Cc1nc2cc(Cl)ccc2c(=O)[nH]1)C(=O)C1C(C=C(C)C)C1(C)C. The summed E-state index contributed by atoms with van der Waals surface area (Å²) < 4.78 is 0. The molecule has 6 heteroatoms. The summed E-state index contributed by atoms with van der Waals surface area (Å²) in [6.07, 6.45) is 3.04. The van der Waals surface area contributed by atoms with E-state index in [-0.39, 0.29) is 28.7 Å². The number of rotatable bonds is 6. The monoisotopic (exact) mass is 401 g/mol. The van der Waals surface area contributed by atoms with Gasteiger partial charge in [-0.1, -0.05) is 44.0 Å². The van der Waals surface area contributed by atoms with E-state index < -0.39 is 0 Å². The lowest BCUT2D eigenvalue weighted by Crippen LogP contribution is -2.35. The van der Waals surface area contributed by atoms with Gasteiger partial charge in [-0.05, 0) is 49.8 Å². The maximum atomic E-state index is 13.3. The van der Waals surface area contributed by atoms with Gasteiger partial charge >= 0.3 is 0 Å². The number of carbonyl (C=O) groups is 1. The molecule has 1 amide bonds. The summed E-state index contributed by atoms with van der Waals surface area (Å²) in [7, 11) is 0. The highest BCUT2D eigenvalue weighted by atomic mass is 35.5. The first-order chi connectivity index (χ1) is 13.1. The average molecular weight is 402 g/mol. The minimum atomic E-state index is -0.213. The molecule has 1 saturated carbocycles. The summed E-state index contributed by atoms with van der Waals surface area (Å²) in [5, 5.41) is 1.02. The lowest BCUT2D eigenvalue weighted by atomic mass is 10.1. The number of aromatic amines is 1. The maximum Gasteiger partial charge on any atom is 0.258 e. The standard InChI is InChI=1S/C22H28ClN3O2/c1-6-9-26(21(28)19-16(10-13(2)3)22(19,4)5)12-18-24-17-11-14(23)7-8-15(17)20(27)25-18/h7-8,10-11,16,19H,6,9,12H2,1-5H3,(H,24,25,27). The van der Waals surface area contributed by atoms with Gasteiger partial charge in [0, 0.05) is 11.6 Å². The molecule has 3 rings (SSSR count). The zero-order chi connectivity index (χ0) is 20.6. The molecule has 1 fully saturated rings. The first-order valence-electron chi connectivity index (χ1n) is 9.77. The number of aromatic nitrogens is 2. The molecule has 0 radical (unpaired) electrons. The Labute approximate surface area is 170 Å². The fourth-order valence-electron chi connectivity index (χ4n) is 3.97. The van der Waals surface area contributed by atoms with Gasteiger partial charge in [0.1, 0.15) is 5.82 Å². The van der Waals surface area contributed by atoms with Crippen LogP contribution in [0.15, 0.2) is 34.6 Å². The number of hydrogen-bond acceptors (Lipinski definition) is 3. The van der Waals surface area contributed by atoms with Crippen LogP contribution >= 0.6 is 11.6 Å². The van der Waals surface area contributed by atoms with E-state index in [9.17, 15) is 9.59 Å². The van der Waals surface area contributed by atoms with E-state index in [4.69, 9.17) is 11.6 Å². The third kappa shape index (κ3) is 4.00. The fraction of sp³-hybridized carbons (Fsp3) is 0.500. The molecule has 2 atom stereocenters. The molecule has 1 heterocycles. The van der Waals surface area contributed by atoms with E-state index in [2.05, 4.69) is 43.7 Å². The normalized spacial score (nSPS) is 20.1. The first kappa shape index (κ1) is 20.6. The van der Waals surface area contributed by atoms with Gasteiger partial charge in [0.25, 0.3) is 5.56 Å². The Kier molecular flexibility index (Phi) is 5.67. The van der Waals surface area contributed by atoms with Crippen LogP contribution in [-0.4, -0.2) is 27.3 Å². The van der Waals surface area contributed by atoms with Crippen LogP contribution in [0.1, 0.15) is 46.9 Å². The van der Waals surface area contributed by atoms with Gasteiger partial charge < -0.3 is 9.88 Å². The number of halogens is 1. The van der Waals surface area contributed by atoms with Crippen LogP contribution in [0.3, 0.4) is 0 Å². The number of allylic oxidation sites excluding steroid dienone is 2. The van der Waals surface area contributed by atoms with Crippen LogP contribution in [0.2, 0.25) is 5.02 Å². The van der Waals surface area contributed by atoms with Crippen LogP contribution < -0.4 is 5.56 Å². The van der Waals surface area contributed by atoms with E-state index in [0.29, 0.717) is 34.8 Å². The number of carbonyl (C=O) groups excluding carboxylic acids is 1. The number of hydrogen-bond donors (Lipinski definition) is 1. The van der Waals surface area contributed by atoms with E-state index in [1.54, 1.807) is 18.2 Å². The predicted octanol–water partition coefficient (Wildman–Crippen LogP) is 4.55. The highest BCUT2D eigenvalue weighted by Crippen LogP contribution is 2.60. The lowest BCUT2D eigenvalue weighted by Gasteiger charge is -2.22. The Balaban J connectivity index is 1.88. The molecule has 0 aliphatic heterocycles. The molecule has 28 heavy (non-hydrogen) atoms. The average Bonchev–Trinajstić information content (AvgIpc) is 3.12. The molecule has 1 aromatic heterocycles. The summed E-state index contributed by atoms with van der Waals surface area (Å²) in [4.78, 5) is 34.8. The second kappa shape index (κ2) is 7.70. The number of nitrogens with one attached hydrogen (secondary N) is 1. The number of nitrogens with zero attached hydrogens (tertiary/aromatic N) is 2. The van der Waals surface area contributed by atoms with E-state index >= 15 is 0 Å². The molecule has 0 bridgehead atoms. The lowest BCUT2D eigenvalue weighted by molar-refractivity contribution is -0.134. The van der Waals surface area contributed by atoms with Gasteiger partial charge in [-0.25, -0.2) is 4.98 Å². The molecular formula is C22H28ClN3O2. The quantitative estimate of drug-likeness (QED) is 0.722. The van der Waals surface area contributed by atoms with Crippen molar-refractivity contribution in [1.29, 1.82) is 0 Å². The van der Waals surface area contributed by atoms with Gasteiger partial charge in [0.2, 0.25) is 5.91 Å². The molecule has 150 valence electrons. The molecule has 5 nitrogen and oxygen atoms in total. The largest absolute Gasteiger partial charge is 0.335 e. The molecule has 1 aliphatic carbocycles. The number of amides is 1. The second-order valence-corrected chi connectivity index (χ2v) is 8.94. The first-order valence-corrected chi connectivity index (χ1v) is 10.1. The summed E-state index contributed by atoms with van der Waals surface area (Å²) in [6, 6.07) is 5.02. The van der Waals surface area contributed by atoms with Crippen molar-refractivity contribution in [3.8, 4) is 0 Å². The summed E-state index contributed by atoms with van der Waals surface area (Å²) >= 11 is 6.05. The number of H-pyrrole nitrogens is 1. The molecule has 1 N–H and O–H groups in total. The summed E-state index contributed by atoms with van der Waals surface area (Å²) in [6.45, 7) is 11.4. The molecule has 2 aromatic rings. The van der Waals surface area contributed by atoms with Crippen molar-refractivity contribution in [1.82, 2.24) is 14.9 Å².